The van der Waals surface area contributed by atoms with Crippen molar-refractivity contribution in [2.45, 2.75) is 72.3 Å². The zero-order valence-corrected chi connectivity index (χ0v) is 19.1. The Morgan fingerprint density at radius 2 is 1.25 bits per heavy atom. The third kappa shape index (κ3) is 56.2. The van der Waals surface area contributed by atoms with Gasteiger partial charge in [-0.15, -0.1) is 0 Å². The van der Waals surface area contributed by atoms with Gasteiger partial charge in [-0.3, -0.25) is 14.4 Å². The van der Waals surface area contributed by atoms with Gasteiger partial charge >= 0.3 is 17.9 Å². The summed E-state index contributed by atoms with van der Waals surface area (Å²) in [5.74, 6) is -2.60. The summed E-state index contributed by atoms with van der Waals surface area (Å²) < 4.78 is 0. The van der Waals surface area contributed by atoms with Crippen LogP contribution in [0.5, 0.6) is 0 Å². The summed E-state index contributed by atoms with van der Waals surface area (Å²) in [6, 6.07) is 0. The fourth-order valence-electron chi connectivity index (χ4n) is 1.47. The monoisotopic (exact) mass is 446 g/mol. The summed E-state index contributed by atoms with van der Waals surface area (Å²) in [6.07, 6.45) is 4.66. The molecule has 0 rings (SSSR count). The van der Waals surface area contributed by atoms with E-state index in [0.29, 0.717) is 12.8 Å². The predicted molar refractivity (Wildman–Crippen MR) is 117 cm³/mol. The first-order valence-electron chi connectivity index (χ1n) is 8.93. The van der Waals surface area contributed by atoms with Crippen LogP contribution in [0.2, 0.25) is 0 Å². The Morgan fingerprint density at radius 3 is 1.43 bits per heavy atom. The minimum absolute atomic E-state index is 0.0833. The van der Waals surface area contributed by atoms with Gasteiger partial charge in [0.25, 0.3) is 0 Å². The molecule has 10 heteroatoms. The molecule has 8 nitrogen and oxygen atoms in total. The number of hydrogen-bond acceptors (Lipinski definition) is 7. The number of carboxylic acids is 3. The lowest BCUT2D eigenvalue weighted by Crippen LogP contribution is -2.20. The molecule has 0 bridgehead atoms. The summed E-state index contributed by atoms with van der Waals surface area (Å²) in [6.45, 7) is 8.08. The number of aliphatic hydroxyl groups is 2. The van der Waals surface area contributed by atoms with Crippen LogP contribution in [0.3, 0.4) is 0 Å². The smallest absolute Gasteiger partial charge is 0.313 e. The molecule has 0 aliphatic carbocycles. The van der Waals surface area contributed by atoms with Crippen LogP contribution in [0.25, 0.3) is 0 Å². The molecule has 0 aromatic carbocycles. The summed E-state index contributed by atoms with van der Waals surface area (Å²) in [7, 11) is 0. The molecule has 5 N–H and O–H groups in total. The van der Waals surface area contributed by atoms with Crippen LogP contribution in [0.4, 0.5) is 0 Å². The van der Waals surface area contributed by atoms with Crippen LogP contribution in [0.15, 0.2) is 0 Å². The van der Waals surface area contributed by atoms with Crippen LogP contribution in [0.1, 0.15) is 66.2 Å². The Labute approximate surface area is 179 Å². The lowest BCUT2D eigenvalue weighted by atomic mass is 9.89. The standard InChI is InChI=1S/C7H16O2.C7H14O2.2C2H4O2S/c1-7(2,3)4-6(9)5-8;1-2-3-4-5-6-7(8)9;2*3-2(4)1-5/h6,8-9H,4-5H2,1-3H3;2-6H2,1H3,(H,8,9);2*5H,1H2,(H,3,4). The number of thiol groups is 2. The molecule has 1 unspecified atom stereocenters. The number of unbranched alkanes of at least 4 members (excludes halogenated alkanes) is 3. The molecule has 0 heterocycles. The van der Waals surface area contributed by atoms with Gasteiger partial charge in [0.15, 0.2) is 0 Å². The average Bonchev–Trinajstić information content (AvgIpc) is 2.58. The minimum Gasteiger partial charge on any atom is -0.481 e. The van der Waals surface area contributed by atoms with Gasteiger partial charge in [-0.05, 0) is 18.3 Å². The third-order valence-corrected chi connectivity index (χ3v) is 3.11. The second kappa shape index (κ2) is 24.1. The van der Waals surface area contributed by atoms with E-state index in [0.717, 1.165) is 19.3 Å². The Morgan fingerprint density at radius 1 is 0.857 bits per heavy atom. The number of rotatable bonds is 9. The number of carboxylic acid groups (broad SMARTS) is 3. The fraction of sp³-hybridized carbons (Fsp3) is 0.833. The molecule has 0 aliphatic heterocycles. The van der Waals surface area contributed by atoms with E-state index in [1.54, 1.807) is 0 Å². The molecule has 28 heavy (non-hydrogen) atoms. The molecule has 0 aromatic rings. The van der Waals surface area contributed by atoms with Crippen LogP contribution >= 0.6 is 25.3 Å². The highest BCUT2D eigenvalue weighted by Crippen LogP contribution is 2.20. The molecule has 0 fully saturated rings. The van der Waals surface area contributed by atoms with Gasteiger partial charge in [-0.25, -0.2) is 0 Å². The van der Waals surface area contributed by atoms with E-state index in [4.69, 9.17) is 25.5 Å². The van der Waals surface area contributed by atoms with Crippen molar-refractivity contribution >= 4 is 43.2 Å². The first kappa shape index (κ1) is 34.5. The van der Waals surface area contributed by atoms with Crippen molar-refractivity contribution < 1.29 is 39.9 Å². The molecule has 0 saturated heterocycles. The molecular weight excluding hydrogens is 408 g/mol. The van der Waals surface area contributed by atoms with Crippen molar-refractivity contribution in [1.29, 1.82) is 0 Å². The largest absolute Gasteiger partial charge is 0.481 e. The maximum absolute atomic E-state index is 9.96. The second-order valence-corrected chi connectivity index (χ2v) is 7.54. The highest BCUT2D eigenvalue weighted by atomic mass is 32.1. The summed E-state index contributed by atoms with van der Waals surface area (Å²) in [5, 5.41) is 40.9. The van der Waals surface area contributed by atoms with Crippen molar-refractivity contribution in [3.8, 4) is 0 Å². The topological polar surface area (TPSA) is 152 Å². The Balaban J connectivity index is -0.000000143. The molecule has 0 aromatic heterocycles. The van der Waals surface area contributed by atoms with Gasteiger partial charge in [-0.2, -0.15) is 25.3 Å². The number of carbonyl (C=O) groups is 3. The molecule has 170 valence electrons. The number of aliphatic hydroxyl groups excluding tert-OH is 2. The summed E-state index contributed by atoms with van der Waals surface area (Å²) in [4.78, 5) is 28.5. The van der Waals surface area contributed by atoms with Crippen LogP contribution in [0, 0.1) is 5.41 Å². The first-order valence-corrected chi connectivity index (χ1v) is 10.2. The van der Waals surface area contributed by atoms with E-state index in [-0.39, 0.29) is 23.5 Å². The normalized spacial score (nSPS) is 10.7. The van der Waals surface area contributed by atoms with Gasteiger partial charge in [0.05, 0.1) is 24.2 Å². The van der Waals surface area contributed by atoms with Crippen molar-refractivity contribution in [2.75, 3.05) is 18.1 Å². The van der Waals surface area contributed by atoms with Crippen molar-refractivity contribution in [1.82, 2.24) is 0 Å². The number of hydrogen-bond donors (Lipinski definition) is 7. The van der Waals surface area contributed by atoms with Crippen LogP contribution < -0.4 is 0 Å². The van der Waals surface area contributed by atoms with E-state index in [1.807, 2.05) is 20.8 Å². The SMILES string of the molecule is CC(C)(C)CC(O)CO.CCCCCCC(=O)O.O=C(O)CS.O=C(O)CS. The predicted octanol–water partition coefficient (Wildman–Crippen LogP) is 2.82. The van der Waals surface area contributed by atoms with Crippen molar-refractivity contribution in [2.24, 2.45) is 5.41 Å². The van der Waals surface area contributed by atoms with E-state index in [1.165, 1.54) is 6.42 Å². The molecule has 0 radical (unpaired) electrons. The highest BCUT2D eigenvalue weighted by molar-refractivity contribution is 7.81. The molecule has 0 saturated carbocycles. The van der Waals surface area contributed by atoms with E-state index in [2.05, 4.69) is 32.2 Å². The lowest BCUT2D eigenvalue weighted by molar-refractivity contribution is -0.137. The van der Waals surface area contributed by atoms with E-state index in [9.17, 15) is 14.4 Å². The summed E-state index contributed by atoms with van der Waals surface area (Å²) in [5.41, 5.74) is 0.113. The lowest BCUT2D eigenvalue weighted by Gasteiger charge is -2.20. The van der Waals surface area contributed by atoms with Crippen molar-refractivity contribution in [3.63, 3.8) is 0 Å². The average molecular weight is 447 g/mol. The van der Waals surface area contributed by atoms with Gasteiger partial charge < -0.3 is 25.5 Å². The quantitative estimate of drug-likeness (QED) is 0.211. The Kier molecular flexibility index (Phi) is 29.7. The van der Waals surface area contributed by atoms with E-state index < -0.39 is 24.0 Å². The first-order chi connectivity index (χ1) is 12.8. The molecule has 0 spiro atoms. The van der Waals surface area contributed by atoms with Crippen LogP contribution in [-0.2, 0) is 14.4 Å². The van der Waals surface area contributed by atoms with Gasteiger partial charge in [0, 0.05) is 6.42 Å². The molecule has 0 amide bonds. The molecule has 0 aliphatic rings. The van der Waals surface area contributed by atoms with Crippen molar-refractivity contribution in [3.05, 3.63) is 0 Å². The van der Waals surface area contributed by atoms with Gasteiger partial charge in [0.1, 0.15) is 0 Å². The third-order valence-electron chi connectivity index (χ3n) is 2.57. The Hall–Kier alpha value is -0.970. The van der Waals surface area contributed by atoms with E-state index >= 15 is 0 Å². The molecular formula is C18H38O8S2. The maximum Gasteiger partial charge on any atom is 0.313 e. The minimum atomic E-state index is -0.881. The Bertz CT molecular complexity index is 370. The molecule has 1 atom stereocenters. The zero-order chi connectivity index (χ0) is 23.2. The summed E-state index contributed by atoms with van der Waals surface area (Å²) >= 11 is 6.83. The van der Waals surface area contributed by atoms with Gasteiger partial charge in [-0.1, -0.05) is 47.0 Å². The maximum atomic E-state index is 9.96. The number of aliphatic carboxylic acids is 3. The second-order valence-electron chi connectivity index (χ2n) is 6.91. The highest BCUT2D eigenvalue weighted by Gasteiger charge is 2.15. The van der Waals surface area contributed by atoms with Crippen LogP contribution in [-0.4, -0.2) is 67.7 Å². The fourth-order valence-corrected chi connectivity index (χ4v) is 1.47. The van der Waals surface area contributed by atoms with Gasteiger partial charge in [0.2, 0.25) is 0 Å². The zero-order valence-electron chi connectivity index (χ0n) is 17.3.